The van der Waals surface area contributed by atoms with Gasteiger partial charge in [-0.15, -0.1) is 0 Å². The topological polar surface area (TPSA) is 57.6 Å². The van der Waals surface area contributed by atoms with Crippen LogP contribution in [0.5, 0.6) is 0 Å². The highest BCUT2D eigenvalue weighted by Gasteiger charge is 2.62. The first-order valence-corrected chi connectivity index (χ1v) is 8.64. The number of aryl methyl sites for hydroxylation is 1. The van der Waals surface area contributed by atoms with Gasteiger partial charge in [0.05, 0.1) is 5.92 Å². The quantitative estimate of drug-likeness (QED) is 0.909. The summed E-state index contributed by atoms with van der Waals surface area (Å²) < 4.78 is 0. The molecule has 3 unspecified atom stereocenters. The minimum absolute atomic E-state index is 0.0489. The molecule has 4 rings (SSSR count). The maximum Gasteiger partial charge on any atom is 0.308 e. The van der Waals surface area contributed by atoms with Crippen molar-refractivity contribution in [2.45, 2.75) is 50.5 Å². The van der Waals surface area contributed by atoms with Gasteiger partial charge in [-0.3, -0.25) is 9.59 Å². The van der Waals surface area contributed by atoms with Gasteiger partial charge in [0, 0.05) is 23.9 Å². The number of fused-ring (bicyclic) bond motifs is 2. The maximum absolute atomic E-state index is 13.0. The van der Waals surface area contributed by atoms with E-state index >= 15 is 0 Å². The Balaban J connectivity index is 1.53. The van der Waals surface area contributed by atoms with Crippen LogP contribution < -0.4 is 0 Å². The lowest BCUT2D eigenvalue weighted by molar-refractivity contribution is -0.143. The molecule has 1 aromatic rings. The molecule has 3 aliphatic carbocycles. The van der Waals surface area contributed by atoms with Crippen molar-refractivity contribution in [3.63, 3.8) is 0 Å². The molecule has 122 valence electrons. The number of carboxylic acid groups (broad SMARTS) is 1. The second kappa shape index (κ2) is 5.08. The molecule has 4 nitrogen and oxygen atoms in total. The van der Waals surface area contributed by atoms with Crippen molar-refractivity contribution in [3.05, 3.63) is 35.4 Å². The highest BCUT2D eigenvalue weighted by molar-refractivity contribution is 5.86. The highest BCUT2D eigenvalue weighted by Crippen LogP contribution is 2.62. The Hall–Kier alpha value is -1.84. The van der Waals surface area contributed by atoms with Crippen LogP contribution in [0.1, 0.15) is 43.7 Å². The van der Waals surface area contributed by atoms with Crippen LogP contribution >= 0.6 is 0 Å². The number of aliphatic carboxylic acids is 1. The van der Waals surface area contributed by atoms with Crippen molar-refractivity contribution in [2.24, 2.45) is 11.8 Å². The minimum Gasteiger partial charge on any atom is -0.481 e. The van der Waals surface area contributed by atoms with Crippen LogP contribution in [0.15, 0.2) is 24.3 Å². The number of hydrogen-bond acceptors (Lipinski definition) is 2. The van der Waals surface area contributed by atoms with Crippen LogP contribution in [0, 0.1) is 11.8 Å². The van der Waals surface area contributed by atoms with Gasteiger partial charge < -0.3 is 10.0 Å². The Morgan fingerprint density at radius 2 is 2.09 bits per heavy atom. The molecule has 2 saturated carbocycles. The molecule has 3 atom stereocenters. The molecule has 1 aromatic carbocycles. The zero-order valence-electron chi connectivity index (χ0n) is 13.5. The molecule has 2 fully saturated rings. The summed E-state index contributed by atoms with van der Waals surface area (Å²) in [5.41, 5.74) is 2.80. The van der Waals surface area contributed by atoms with E-state index in [0.29, 0.717) is 6.54 Å². The third kappa shape index (κ3) is 2.35. The number of rotatable bonds is 5. The van der Waals surface area contributed by atoms with Crippen molar-refractivity contribution in [3.8, 4) is 0 Å². The van der Waals surface area contributed by atoms with Crippen LogP contribution in [0.25, 0.3) is 0 Å². The fraction of sp³-hybridized carbons (Fsp3) is 0.579. The molecule has 0 heterocycles. The average molecular weight is 313 g/mol. The first-order valence-electron chi connectivity index (χ1n) is 8.64. The predicted octanol–water partition coefficient (Wildman–Crippen LogP) is 2.60. The van der Waals surface area contributed by atoms with Crippen LogP contribution in [0.2, 0.25) is 0 Å². The number of carbonyl (C=O) groups is 2. The van der Waals surface area contributed by atoms with Gasteiger partial charge in [0.1, 0.15) is 0 Å². The Morgan fingerprint density at radius 3 is 2.78 bits per heavy atom. The van der Waals surface area contributed by atoms with Crippen molar-refractivity contribution in [1.29, 1.82) is 0 Å². The van der Waals surface area contributed by atoms with Crippen LogP contribution in [-0.2, 0) is 21.4 Å². The lowest BCUT2D eigenvalue weighted by Crippen LogP contribution is -2.40. The van der Waals surface area contributed by atoms with E-state index in [1.807, 2.05) is 4.90 Å². The van der Waals surface area contributed by atoms with E-state index in [-0.39, 0.29) is 23.3 Å². The van der Waals surface area contributed by atoms with Gasteiger partial charge in [-0.2, -0.15) is 0 Å². The molecule has 4 heteroatoms. The van der Waals surface area contributed by atoms with Crippen molar-refractivity contribution >= 4 is 11.9 Å². The molecule has 3 aliphatic rings. The molecule has 0 bridgehead atoms. The fourth-order valence-corrected chi connectivity index (χ4v) is 4.30. The number of nitrogens with zero attached hydrogens (tertiary/aromatic N) is 1. The van der Waals surface area contributed by atoms with E-state index in [4.69, 9.17) is 5.11 Å². The largest absolute Gasteiger partial charge is 0.481 e. The highest BCUT2D eigenvalue weighted by atomic mass is 16.4. The first-order chi connectivity index (χ1) is 11.0. The zero-order chi connectivity index (χ0) is 16.2. The van der Waals surface area contributed by atoms with Gasteiger partial charge in [0.2, 0.25) is 5.91 Å². The summed E-state index contributed by atoms with van der Waals surface area (Å²) in [6.45, 7) is 2.05. The number of carboxylic acids is 1. The Morgan fingerprint density at radius 1 is 1.35 bits per heavy atom. The number of carbonyl (C=O) groups excluding carboxylic acids is 1. The van der Waals surface area contributed by atoms with Gasteiger partial charge in [0.25, 0.3) is 0 Å². The summed E-state index contributed by atoms with van der Waals surface area (Å²) in [4.78, 5) is 26.1. The van der Waals surface area contributed by atoms with Gasteiger partial charge in [0.15, 0.2) is 0 Å². The van der Waals surface area contributed by atoms with Gasteiger partial charge in [-0.25, -0.2) is 0 Å². The number of benzene rings is 1. The van der Waals surface area contributed by atoms with E-state index in [1.54, 1.807) is 6.92 Å². The Labute approximate surface area is 136 Å². The normalized spacial score (nSPS) is 29.2. The minimum atomic E-state index is -0.819. The molecule has 1 amide bonds. The molecule has 1 N–H and O–H groups in total. The summed E-state index contributed by atoms with van der Waals surface area (Å²) in [6.07, 6.45) is 5.11. The lowest BCUT2D eigenvalue weighted by Gasteiger charge is -2.25. The summed E-state index contributed by atoms with van der Waals surface area (Å²) in [6, 6.07) is 8.77. The summed E-state index contributed by atoms with van der Waals surface area (Å²) >= 11 is 0. The molecule has 23 heavy (non-hydrogen) atoms. The number of hydrogen-bond donors (Lipinski definition) is 1. The Bertz CT molecular complexity index is 666. The second-order valence-corrected chi connectivity index (χ2v) is 7.53. The monoisotopic (exact) mass is 313 g/mol. The molecule has 0 aliphatic heterocycles. The van der Waals surface area contributed by atoms with Crippen molar-refractivity contribution in [2.75, 3.05) is 6.54 Å². The van der Waals surface area contributed by atoms with Gasteiger partial charge in [-0.05, 0) is 43.2 Å². The molecular formula is C19H23NO3. The fourth-order valence-electron chi connectivity index (χ4n) is 4.30. The van der Waals surface area contributed by atoms with Crippen LogP contribution in [-0.4, -0.2) is 34.5 Å². The van der Waals surface area contributed by atoms with Crippen LogP contribution in [0.3, 0.4) is 0 Å². The summed E-state index contributed by atoms with van der Waals surface area (Å²) in [7, 11) is 0. The standard InChI is InChI=1S/C19H23NO3/c1-12(18(22)23)11-20(14-6-7-14)17(21)16-10-19(16)9-8-13-4-2-3-5-15(13)19/h2-5,12,14,16H,6-11H2,1H3,(H,22,23). The van der Waals surface area contributed by atoms with Gasteiger partial charge in [-0.1, -0.05) is 31.2 Å². The van der Waals surface area contributed by atoms with E-state index in [0.717, 1.165) is 32.1 Å². The molecule has 1 spiro atoms. The number of amides is 1. The SMILES string of the molecule is CC(CN(C(=O)C1CC12CCc1ccccc12)C1CC1)C(=O)O. The first kappa shape index (κ1) is 14.7. The second-order valence-electron chi connectivity index (χ2n) is 7.53. The molecule has 0 saturated heterocycles. The predicted molar refractivity (Wildman–Crippen MR) is 86.1 cm³/mol. The molecule has 0 aromatic heterocycles. The summed E-state index contributed by atoms with van der Waals surface area (Å²) in [5, 5.41) is 9.17. The smallest absolute Gasteiger partial charge is 0.308 e. The van der Waals surface area contributed by atoms with Crippen LogP contribution in [0.4, 0.5) is 0 Å². The van der Waals surface area contributed by atoms with Gasteiger partial charge >= 0.3 is 5.97 Å². The lowest BCUT2D eigenvalue weighted by atomic mass is 9.95. The summed E-state index contributed by atoms with van der Waals surface area (Å²) in [5.74, 6) is -1.06. The van der Waals surface area contributed by atoms with E-state index < -0.39 is 11.9 Å². The molecular weight excluding hydrogens is 290 g/mol. The van der Waals surface area contributed by atoms with Crippen molar-refractivity contribution < 1.29 is 14.7 Å². The van der Waals surface area contributed by atoms with E-state index in [1.165, 1.54) is 11.1 Å². The van der Waals surface area contributed by atoms with E-state index in [2.05, 4.69) is 24.3 Å². The third-order valence-electron chi connectivity index (χ3n) is 5.93. The molecule has 0 radical (unpaired) electrons. The van der Waals surface area contributed by atoms with E-state index in [9.17, 15) is 9.59 Å². The third-order valence-corrected chi connectivity index (χ3v) is 5.93. The Kier molecular flexibility index (Phi) is 3.26. The maximum atomic E-state index is 13.0. The van der Waals surface area contributed by atoms with Crippen molar-refractivity contribution in [1.82, 2.24) is 4.90 Å². The zero-order valence-corrected chi connectivity index (χ0v) is 13.5. The average Bonchev–Trinajstić information content (AvgIpc) is 3.43.